The molecule has 2 rings (SSSR count). The molecule has 0 aliphatic heterocycles. The summed E-state index contributed by atoms with van der Waals surface area (Å²) in [4.78, 5) is 35.5. The quantitative estimate of drug-likeness (QED) is 0.403. The second-order valence-corrected chi connectivity index (χ2v) is 7.72. The molecule has 0 aliphatic carbocycles. The molecule has 0 radical (unpaired) electrons. The molecular formula is C24H28F3N3O4. The van der Waals surface area contributed by atoms with Crippen LogP contribution in [0.3, 0.4) is 0 Å². The molecule has 0 aromatic heterocycles. The van der Waals surface area contributed by atoms with Gasteiger partial charge in [0.05, 0.1) is 5.56 Å². The average molecular weight is 479 g/mol. The molecule has 0 unspecified atom stereocenters. The van der Waals surface area contributed by atoms with Crippen molar-refractivity contribution >= 4 is 17.9 Å². The van der Waals surface area contributed by atoms with Crippen LogP contribution in [-0.4, -0.2) is 30.5 Å². The van der Waals surface area contributed by atoms with Crippen molar-refractivity contribution in [3.8, 4) is 0 Å². The van der Waals surface area contributed by atoms with Crippen molar-refractivity contribution in [2.75, 3.05) is 6.54 Å². The van der Waals surface area contributed by atoms with Crippen molar-refractivity contribution < 1.29 is 32.3 Å². The van der Waals surface area contributed by atoms with Crippen molar-refractivity contribution in [2.45, 2.75) is 50.9 Å². The molecule has 34 heavy (non-hydrogen) atoms. The van der Waals surface area contributed by atoms with Gasteiger partial charge in [-0.3, -0.25) is 9.59 Å². The monoisotopic (exact) mass is 479 g/mol. The predicted molar refractivity (Wildman–Crippen MR) is 119 cm³/mol. The first-order valence-electron chi connectivity index (χ1n) is 10.8. The van der Waals surface area contributed by atoms with Crippen molar-refractivity contribution in [1.29, 1.82) is 0 Å². The van der Waals surface area contributed by atoms with Gasteiger partial charge in [0.15, 0.2) is 0 Å². The fourth-order valence-corrected chi connectivity index (χ4v) is 3.15. The van der Waals surface area contributed by atoms with Crippen LogP contribution in [0.15, 0.2) is 54.6 Å². The molecule has 1 atom stereocenters. The zero-order chi connectivity index (χ0) is 25.0. The minimum atomic E-state index is -4.50. The number of carbonyl (C=O) groups excluding carboxylic acids is 3. The van der Waals surface area contributed by atoms with E-state index in [-0.39, 0.29) is 25.0 Å². The number of hydrogen-bond acceptors (Lipinski definition) is 4. The van der Waals surface area contributed by atoms with E-state index >= 15 is 0 Å². The first-order chi connectivity index (χ1) is 16.1. The van der Waals surface area contributed by atoms with Gasteiger partial charge in [-0.05, 0) is 30.0 Å². The summed E-state index contributed by atoms with van der Waals surface area (Å²) >= 11 is 0. The Balaban J connectivity index is 1.65. The van der Waals surface area contributed by atoms with E-state index < -0.39 is 35.7 Å². The number of nitrogens with two attached hydrogens (primary N) is 1. The SMILES string of the molecule is NC(=O)[C@@H](Cc1cccc(C(F)(F)F)c1)NC(=O)CCCCCNC(=O)OCc1ccccc1. The normalized spacial score (nSPS) is 12.0. The van der Waals surface area contributed by atoms with Crippen LogP contribution in [0.4, 0.5) is 18.0 Å². The third-order valence-corrected chi connectivity index (χ3v) is 4.94. The highest BCUT2D eigenvalue weighted by molar-refractivity contribution is 5.86. The fraction of sp³-hybridized carbons (Fsp3) is 0.375. The maximum absolute atomic E-state index is 12.9. The largest absolute Gasteiger partial charge is 0.445 e. The molecule has 0 bridgehead atoms. The van der Waals surface area contributed by atoms with Crippen LogP contribution in [0, 0.1) is 0 Å². The number of alkyl carbamates (subject to hydrolysis) is 1. The first kappa shape index (κ1) is 26.7. The molecule has 0 aliphatic rings. The topological polar surface area (TPSA) is 111 Å². The number of carbonyl (C=O) groups is 3. The van der Waals surface area contributed by atoms with Gasteiger partial charge in [0.1, 0.15) is 12.6 Å². The Bertz CT molecular complexity index is 952. The van der Waals surface area contributed by atoms with Gasteiger partial charge in [-0.25, -0.2) is 4.79 Å². The Morgan fingerprint density at radius 1 is 0.941 bits per heavy atom. The maximum atomic E-state index is 12.9. The second kappa shape index (κ2) is 13.2. The highest BCUT2D eigenvalue weighted by Gasteiger charge is 2.30. The Kier molecular flexibility index (Phi) is 10.4. The third kappa shape index (κ3) is 9.93. The van der Waals surface area contributed by atoms with Crippen LogP contribution >= 0.6 is 0 Å². The van der Waals surface area contributed by atoms with E-state index in [9.17, 15) is 27.6 Å². The smallest absolute Gasteiger partial charge is 0.416 e. The van der Waals surface area contributed by atoms with E-state index in [4.69, 9.17) is 10.5 Å². The van der Waals surface area contributed by atoms with Gasteiger partial charge in [-0.2, -0.15) is 13.2 Å². The molecule has 4 N–H and O–H groups in total. The summed E-state index contributed by atoms with van der Waals surface area (Å²) in [5.41, 5.74) is 5.60. The maximum Gasteiger partial charge on any atom is 0.416 e. The summed E-state index contributed by atoms with van der Waals surface area (Å²) in [5, 5.41) is 5.11. The van der Waals surface area contributed by atoms with E-state index in [1.54, 1.807) is 0 Å². The van der Waals surface area contributed by atoms with Crippen LogP contribution in [0.2, 0.25) is 0 Å². The van der Waals surface area contributed by atoms with E-state index in [1.807, 2.05) is 30.3 Å². The van der Waals surface area contributed by atoms with Crippen molar-refractivity contribution in [3.63, 3.8) is 0 Å². The van der Waals surface area contributed by atoms with Gasteiger partial charge < -0.3 is 21.1 Å². The summed E-state index contributed by atoms with van der Waals surface area (Å²) in [6.07, 6.45) is -3.29. The Hall–Kier alpha value is -3.56. The van der Waals surface area contributed by atoms with Gasteiger partial charge in [-0.15, -0.1) is 0 Å². The molecule has 184 valence electrons. The van der Waals surface area contributed by atoms with Gasteiger partial charge in [-0.1, -0.05) is 55.0 Å². The van der Waals surface area contributed by atoms with E-state index in [2.05, 4.69) is 10.6 Å². The average Bonchev–Trinajstić information content (AvgIpc) is 2.79. The summed E-state index contributed by atoms with van der Waals surface area (Å²) in [7, 11) is 0. The number of amides is 3. The Morgan fingerprint density at radius 2 is 1.65 bits per heavy atom. The highest BCUT2D eigenvalue weighted by Crippen LogP contribution is 2.29. The summed E-state index contributed by atoms with van der Waals surface area (Å²) in [6, 6.07) is 12.7. The number of alkyl halides is 3. The summed E-state index contributed by atoms with van der Waals surface area (Å²) in [6.45, 7) is 0.559. The molecule has 2 aromatic carbocycles. The molecule has 0 spiro atoms. The fourth-order valence-electron chi connectivity index (χ4n) is 3.15. The van der Waals surface area contributed by atoms with Gasteiger partial charge in [0.25, 0.3) is 0 Å². The molecule has 0 heterocycles. The van der Waals surface area contributed by atoms with Gasteiger partial charge in [0.2, 0.25) is 11.8 Å². The lowest BCUT2D eigenvalue weighted by Crippen LogP contribution is -2.45. The zero-order valence-electron chi connectivity index (χ0n) is 18.6. The lowest BCUT2D eigenvalue weighted by Gasteiger charge is -2.16. The molecule has 10 heteroatoms. The number of halogens is 3. The highest BCUT2D eigenvalue weighted by atomic mass is 19.4. The number of rotatable bonds is 12. The van der Waals surface area contributed by atoms with E-state index in [1.165, 1.54) is 12.1 Å². The molecule has 0 saturated heterocycles. The molecule has 0 saturated carbocycles. The van der Waals surface area contributed by atoms with E-state index in [0.29, 0.717) is 25.8 Å². The van der Waals surface area contributed by atoms with Crippen LogP contribution in [0.1, 0.15) is 42.4 Å². The van der Waals surface area contributed by atoms with Crippen LogP contribution in [0.25, 0.3) is 0 Å². The lowest BCUT2D eigenvalue weighted by molar-refractivity contribution is -0.137. The molecule has 2 aromatic rings. The Morgan fingerprint density at radius 3 is 2.32 bits per heavy atom. The number of nitrogens with one attached hydrogen (secondary N) is 2. The molecule has 3 amide bonds. The minimum Gasteiger partial charge on any atom is -0.445 e. The zero-order valence-corrected chi connectivity index (χ0v) is 18.6. The Labute approximate surface area is 195 Å². The molecule has 0 fully saturated rings. The lowest BCUT2D eigenvalue weighted by atomic mass is 10.0. The van der Waals surface area contributed by atoms with Crippen molar-refractivity contribution in [3.05, 3.63) is 71.3 Å². The number of hydrogen-bond donors (Lipinski definition) is 3. The van der Waals surface area contributed by atoms with Gasteiger partial charge >= 0.3 is 12.3 Å². The van der Waals surface area contributed by atoms with E-state index in [0.717, 1.165) is 17.7 Å². The number of unbranched alkanes of at least 4 members (excludes halogenated alkanes) is 2. The van der Waals surface area contributed by atoms with Crippen LogP contribution in [-0.2, 0) is 33.5 Å². The third-order valence-electron chi connectivity index (χ3n) is 4.94. The van der Waals surface area contributed by atoms with Crippen LogP contribution in [0.5, 0.6) is 0 Å². The molecule has 7 nitrogen and oxygen atoms in total. The summed E-state index contributed by atoms with van der Waals surface area (Å²) < 4.78 is 43.7. The van der Waals surface area contributed by atoms with Crippen molar-refractivity contribution in [1.82, 2.24) is 10.6 Å². The standard InChI is InChI=1S/C24H28F3N3O4/c25-24(26,27)19-11-7-10-18(14-19)15-20(22(28)32)30-21(31)12-5-2-6-13-29-23(33)34-16-17-8-3-1-4-9-17/h1,3-4,7-11,14,20H,2,5-6,12-13,15-16H2,(H2,28,32)(H,29,33)(H,30,31)/t20-/m1/s1. The van der Waals surface area contributed by atoms with Crippen LogP contribution < -0.4 is 16.4 Å². The number of ether oxygens (including phenoxy) is 1. The predicted octanol–water partition coefficient (Wildman–Crippen LogP) is 3.70. The number of benzene rings is 2. The first-order valence-corrected chi connectivity index (χ1v) is 10.8. The molecular weight excluding hydrogens is 451 g/mol. The number of primary amides is 1. The van der Waals surface area contributed by atoms with Crippen molar-refractivity contribution in [2.24, 2.45) is 5.73 Å². The second-order valence-electron chi connectivity index (χ2n) is 7.72. The van der Waals surface area contributed by atoms with Gasteiger partial charge in [0, 0.05) is 19.4 Å². The summed E-state index contributed by atoms with van der Waals surface area (Å²) in [5.74, 6) is -1.25. The minimum absolute atomic E-state index is 0.116.